The van der Waals surface area contributed by atoms with Crippen molar-refractivity contribution in [3.63, 3.8) is 0 Å². The molecular formula is C25H26ClN3O5. The second-order valence-corrected chi connectivity index (χ2v) is 8.45. The van der Waals surface area contributed by atoms with E-state index < -0.39 is 5.97 Å². The van der Waals surface area contributed by atoms with Gasteiger partial charge in [0, 0.05) is 36.9 Å². The van der Waals surface area contributed by atoms with Crippen LogP contribution in [0.4, 0.5) is 5.69 Å². The van der Waals surface area contributed by atoms with Gasteiger partial charge in [-0.2, -0.15) is 0 Å². The minimum atomic E-state index is -0.611. The first-order chi connectivity index (χ1) is 16.4. The van der Waals surface area contributed by atoms with Gasteiger partial charge in [-0.15, -0.1) is 0 Å². The molecule has 1 aliphatic rings. The van der Waals surface area contributed by atoms with Gasteiger partial charge in [0.25, 0.3) is 5.91 Å². The number of esters is 1. The van der Waals surface area contributed by atoms with Gasteiger partial charge < -0.3 is 23.8 Å². The standard InChI is InChI=1S/C25H26ClN3O5/c1-17-22(18(2)34-27-17)15-32-23-9-4-3-8-21(23)25(31)33-16-24(30)29-12-10-28(11-13-29)20-7-5-6-19(26)14-20/h3-9,14H,10-13,15-16H2,1-2H3. The quantitative estimate of drug-likeness (QED) is 0.469. The summed E-state index contributed by atoms with van der Waals surface area (Å²) in [7, 11) is 0. The molecule has 8 nitrogen and oxygen atoms in total. The topological polar surface area (TPSA) is 85.1 Å². The maximum absolute atomic E-state index is 12.7. The average molecular weight is 484 g/mol. The molecule has 1 aromatic heterocycles. The third-order valence-electron chi connectivity index (χ3n) is 5.79. The number of halogens is 1. The molecule has 0 unspecified atom stereocenters. The lowest BCUT2D eigenvalue weighted by molar-refractivity contribution is -0.134. The fourth-order valence-corrected chi connectivity index (χ4v) is 3.99. The van der Waals surface area contributed by atoms with Crippen molar-refractivity contribution in [1.82, 2.24) is 10.1 Å². The van der Waals surface area contributed by atoms with Crippen LogP contribution in [0.1, 0.15) is 27.4 Å². The molecule has 0 radical (unpaired) electrons. The number of amides is 1. The second kappa shape index (κ2) is 10.6. The van der Waals surface area contributed by atoms with Crippen LogP contribution in [0, 0.1) is 13.8 Å². The number of benzene rings is 2. The minimum Gasteiger partial charge on any atom is -0.488 e. The van der Waals surface area contributed by atoms with Crippen molar-refractivity contribution in [3.05, 3.63) is 76.1 Å². The van der Waals surface area contributed by atoms with Crippen molar-refractivity contribution in [2.45, 2.75) is 20.5 Å². The molecule has 0 atom stereocenters. The molecule has 1 fully saturated rings. The van der Waals surface area contributed by atoms with Gasteiger partial charge in [-0.1, -0.05) is 35.0 Å². The van der Waals surface area contributed by atoms with Crippen molar-refractivity contribution >= 4 is 29.2 Å². The fourth-order valence-electron chi connectivity index (χ4n) is 3.80. The summed E-state index contributed by atoms with van der Waals surface area (Å²) >= 11 is 6.08. The zero-order chi connectivity index (χ0) is 24.1. The summed E-state index contributed by atoms with van der Waals surface area (Å²) in [5.41, 5.74) is 2.85. The number of hydrogen-bond donors (Lipinski definition) is 0. The monoisotopic (exact) mass is 483 g/mol. The number of piperazine rings is 1. The van der Waals surface area contributed by atoms with E-state index in [2.05, 4.69) is 10.1 Å². The zero-order valence-electron chi connectivity index (χ0n) is 19.1. The summed E-state index contributed by atoms with van der Waals surface area (Å²) in [6.45, 7) is 5.96. The van der Waals surface area contributed by atoms with Gasteiger partial charge >= 0.3 is 5.97 Å². The van der Waals surface area contributed by atoms with Crippen LogP contribution in [0.5, 0.6) is 5.75 Å². The Kier molecular flexibility index (Phi) is 7.37. The van der Waals surface area contributed by atoms with Gasteiger partial charge in [0.05, 0.1) is 11.3 Å². The van der Waals surface area contributed by atoms with Gasteiger partial charge in [-0.3, -0.25) is 4.79 Å². The van der Waals surface area contributed by atoms with Crippen molar-refractivity contribution in [3.8, 4) is 5.75 Å². The Morgan fingerprint density at radius 1 is 1.06 bits per heavy atom. The Labute approximate surface area is 203 Å². The molecule has 0 N–H and O–H groups in total. The van der Waals surface area contributed by atoms with E-state index in [4.69, 9.17) is 25.6 Å². The highest BCUT2D eigenvalue weighted by Gasteiger charge is 2.23. The molecule has 0 aliphatic carbocycles. The van der Waals surface area contributed by atoms with E-state index in [0.29, 0.717) is 42.7 Å². The predicted octanol–water partition coefficient (Wildman–Crippen LogP) is 4.03. The number of nitrogens with zero attached hydrogens (tertiary/aromatic N) is 3. The Bertz CT molecular complexity index is 1150. The SMILES string of the molecule is Cc1noc(C)c1COc1ccccc1C(=O)OCC(=O)N1CCN(c2cccc(Cl)c2)CC1. The summed E-state index contributed by atoms with van der Waals surface area (Å²) in [4.78, 5) is 29.2. The van der Waals surface area contributed by atoms with E-state index in [9.17, 15) is 9.59 Å². The molecule has 0 saturated carbocycles. The Balaban J connectivity index is 1.30. The number of carbonyl (C=O) groups excluding carboxylic acids is 2. The van der Waals surface area contributed by atoms with Crippen LogP contribution in [0.3, 0.4) is 0 Å². The largest absolute Gasteiger partial charge is 0.488 e. The van der Waals surface area contributed by atoms with Gasteiger partial charge in [0.15, 0.2) is 6.61 Å². The lowest BCUT2D eigenvalue weighted by atomic mass is 10.2. The molecule has 4 rings (SSSR count). The van der Waals surface area contributed by atoms with Crippen molar-refractivity contribution < 1.29 is 23.6 Å². The third kappa shape index (κ3) is 5.51. The smallest absolute Gasteiger partial charge is 0.342 e. The van der Waals surface area contributed by atoms with Crippen molar-refractivity contribution in [2.24, 2.45) is 0 Å². The number of hydrogen-bond acceptors (Lipinski definition) is 7. The van der Waals surface area contributed by atoms with E-state index in [0.717, 1.165) is 16.9 Å². The highest BCUT2D eigenvalue weighted by Crippen LogP contribution is 2.23. The highest BCUT2D eigenvalue weighted by atomic mass is 35.5. The van der Waals surface area contributed by atoms with E-state index in [-0.39, 0.29) is 24.7 Å². The lowest BCUT2D eigenvalue weighted by Gasteiger charge is -2.36. The maximum atomic E-state index is 12.7. The van der Waals surface area contributed by atoms with Gasteiger partial charge in [-0.05, 0) is 44.2 Å². The van der Waals surface area contributed by atoms with Crippen LogP contribution in [-0.4, -0.2) is 54.7 Å². The van der Waals surface area contributed by atoms with Crippen LogP contribution >= 0.6 is 11.6 Å². The van der Waals surface area contributed by atoms with Crippen LogP contribution < -0.4 is 9.64 Å². The Morgan fingerprint density at radius 2 is 1.82 bits per heavy atom. The molecule has 34 heavy (non-hydrogen) atoms. The summed E-state index contributed by atoms with van der Waals surface area (Å²) in [5, 5.41) is 4.59. The molecule has 1 saturated heterocycles. The van der Waals surface area contributed by atoms with Crippen LogP contribution in [0.2, 0.25) is 5.02 Å². The van der Waals surface area contributed by atoms with Crippen LogP contribution in [0.15, 0.2) is 53.1 Å². The van der Waals surface area contributed by atoms with Crippen LogP contribution in [0.25, 0.3) is 0 Å². The average Bonchev–Trinajstić information content (AvgIpc) is 3.18. The van der Waals surface area contributed by atoms with E-state index in [1.54, 1.807) is 36.1 Å². The molecular weight excluding hydrogens is 458 g/mol. The van der Waals surface area contributed by atoms with E-state index in [1.165, 1.54) is 0 Å². The van der Waals surface area contributed by atoms with E-state index >= 15 is 0 Å². The van der Waals surface area contributed by atoms with Gasteiger partial charge in [0.1, 0.15) is 23.7 Å². The molecule has 178 valence electrons. The number of aromatic nitrogens is 1. The molecule has 1 amide bonds. The minimum absolute atomic E-state index is 0.210. The number of ether oxygens (including phenoxy) is 2. The van der Waals surface area contributed by atoms with Gasteiger partial charge in [-0.25, -0.2) is 4.79 Å². The molecule has 0 spiro atoms. The summed E-state index contributed by atoms with van der Waals surface area (Å²) in [6, 6.07) is 14.4. The first-order valence-corrected chi connectivity index (χ1v) is 11.4. The Morgan fingerprint density at radius 3 is 2.53 bits per heavy atom. The predicted molar refractivity (Wildman–Crippen MR) is 127 cm³/mol. The number of carbonyl (C=O) groups is 2. The maximum Gasteiger partial charge on any atom is 0.342 e. The second-order valence-electron chi connectivity index (χ2n) is 8.01. The molecule has 3 aromatic rings. The zero-order valence-corrected chi connectivity index (χ0v) is 19.9. The van der Waals surface area contributed by atoms with Crippen molar-refractivity contribution in [2.75, 3.05) is 37.7 Å². The first-order valence-electron chi connectivity index (χ1n) is 11.0. The van der Waals surface area contributed by atoms with Gasteiger partial charge in [0.2, 0.25) is 0 Å². The molecule has 9 heteroatoms. The number of rotatable bonds is 7. The summed E-state index contributed by atoms with van der Waals surface area (Å²) < 4.78 is 16.3. The van der Waals surface area contributed by atoms with Crippen molar-refractivity contribution in [1.29, 1.82) is 0 Å². The highest BCUT2D eigenvalue weighted by molar-refractivity contribution is 6.30. The fraction of sp³-hybridized carbons (Fsp3) is 0.320. The van der Waals surface area contributed by atoms with E-state index in [1.807, 2.05) is 31.2 Å². The lowest BCUT2D eigenvalue weighted by Crippen LogP contribution is -2.49. The summed E-state index contributed by atoms with van der Waals surface area (Å²) in [5.74, 6) is 0.196. The molecule has 2 heterocycles. The number of aryl methyl sites for hydroxylation is 2. The molecule has 0 bridgehead atoms. The van der Waals surface area contributed by atoms with Crippen LogP contribution in [-0.2, 0) is 16.1 Å². The number of para-hydroxylation sites is 1. The first kappa shape index (κ1) is 23.6. The third-order valence-corrected chi connectivity index (χ3v) is 6.03. The molecule has 1 aliphatic heterocycles. The number of anilines is 1. The molecule has 2 aromatic carbocycles. The Hall–Kier alpha value is -3.52. The normalized spacial score (nSPS) is 13.6. The summed E-state index contributed by atoms with van der Waals surface area (Å²) in [6.07, 6.45) is 0.